The summed E-state index contributed by atoms with van der Waals surface area (Å²) in [5.41, 5.74) is 7.56. The molecule has 1 unspecified atom stereocenters. The molecule has 0 heterocycles. The third-order valence-electron chi connectivity index (χ3n) is 2.72. The Balaban J connectivity index is 2.80. The van der Waals surface area contributed by atoms with E-state index in [1.807, 2.05) is 0 Å². The number of anilines is 2. The second-order valence-corrected chi connectivity index (χ2v) is 4.08. The fourth-order valence-corrected chi connectivity index (χ4v) is 1.66. The molecule has 1 amide bonds. The number of hydrogen-bond acceptors (Lipinski definition) is 5. The normalized spacial score (nSPS) is 11.9. The highest BCUT2D eigenvalue weighted by Gasteiger charge is 2.12. The number of amides is 1. The molecular weight excluding hydrogens is 246 g/mol. The SMILES string of the molecule is CNC(=O)c1ccc(N)cc1NCC(COC)OC. The van der Waals surface area contributed by atoms with E-state index in [9.17, 15) is 4.79 Å². The lowest BCUT2D eigenvalue weighted by Gasteiger charge is -2.17. The van der Waals surface area contributed by atoms with Crippen molar-refractivity contribution in [3.05, 3.63) is 23.8 Å². The molecule has 1 rings (SSSR count). The zero-order valence-corrected chi connectivity index (χ0v) is 11.5. The Kier molecular flexibility index (Phi) is 6.11. The van der Waals surface area contributed by atoms with Crippen LogP contribution in [0.3, 0.4) is 0 Å². The number of hydrogen-bond donors (Lipinski definition) is 3. The minimum absolute atomic E-state index is 0.0935. The summed E-state index contributed by atoms with van der Waals surface area (Å²) in [5, 5.41) is 5.75. The third-order valence-corrected chi connectivity index (χ3v) is 2.72. The van der Waals surface area contributed by atoms with E-state index < -0.39 is 0 Å². The lowest BCUT2D eigenvalue weighted by molar-refractivity contribution is 0.0365. The Hall–Kier alpha value is -1.79. The van der Waals surface area contributed by atoms with Crippen LogP contribution in [0.1, 0.15) is 10.4 Å². The number of carbonyl (C=O) groups excluding carboxylic acids is 1. The van der Waals surface area contributed by atoms with Crippen molar-refractivity contribution in [2.45, 2.75) is 6.10 Å². The fourth-order valence-electron chi connectivity index (χ4n) is 1.66. The monoisotopic (exact) mass is 267 g/mol. The number of methoxy groups -OCH3 is 2. The topological polar surface area (TPSA) is 85.6 Å². The van der Waals surface area contributed by atoms with Gasteiger partial charge in [0.2, 0.25) is 0 Å². The summed E-state index contributed by atoms with van der Waals surface area (Å²) < 4.78 is 10.3. The lowest BCUT2D eigenvalue weighted by atomic mass is 10.1. The third kappa shape index (κ3) is 4.42. The number of carbonyl (C=O) groups is 1. The van der Waals surface area contributed by atoms with Crippen molar-refractivity contribution < 1.29 is 14.3 Å². The van der Waals surface area contributed by atoms with Gasteiger partial charge in [-0.25, -0.2) is 0 Å². The van der Waals surface area contributed by atoms with E-state index in [2.05, 4.69) is 10.6 Å². The van der Waals surface area contributed by atoms with Gasteiger partial charge in [-0.2, -0.15) is 0 Å². The summed E-state index contributed by atoms with van der Waals surface area (Å²) in [6.07, 6.45) is -0.0935. The van der Waals surface area contributed by atoms with E-state index in [1.54, 1.807) is 39.5 Å². The van der Waals surface area contributed by atoms with Gasteiger partial charge in [0.25, 0.3) is 5.91 Å². The summed E-state index contributed by atoms with van der Waals surface area (Å²) in [6, 6.07) is 5.11. The number of benzene rings is 1. The Morgan fingerprint density at radius 1 is 1.42 bits per heavy atom. The molecule has 0 bridgehead atoms. The molecule has 0 aliphatic carbocycles. The van der Waals surface area contributed by atoms with Crippen LogP contribution >= 0.6 is 0 Å². The van der Waals surface area contributed by atoms with Crippen molar-refractivity contribution in [2.24, 2.45) is 0 Å². The molecule has 6 nitrogen and oxygen atoms in total. The van der Waals surface area contributed by atoms with Gasteiger partial charge >= 0.3 is 0 Å². The first-order chi connectivity index (χ1) is 9.12. The molecular formula is C13H21N3O3. The Labute approximate surface area is 113 Å². The number of nitrogens with one attached hydrogen (secondary N) is 2. The predicted molar refractivity (Wildman–Crippen MR) is 75.4 cm³/mol. The average molecular weight is 267 g/mol. The first-order valence-corrected chi connectivity index (χ1v) is 5.99. The lowest BCUT2D eigenvalue weighted by Crippen LogP contribution is -2.28. The van der Waals surface area contributed by atoms with E-state index in [0.29, 0.717) is 30.1 Å². The van der Waals surface area contributed by atoms with Crippen LogP contribution in [-0.4, -0.2) is 46.4 Å². The quantitative estimate of drug-likeness (QED) is 0.633. The highest BCUT2D eigenvalue weighted by Crippen LogP contribution is 2.19. The molecule has 0 fully saturated rings. The number of ether oxygens (including phenoxy) is 2. The van der Waals surface area contributed by atoms with Gasteiger partial charge in [-0.3, -0.25) is 4.79 Å². The zero-order valence-electron chi connectivity index (χ0n) is 11.5. The van der Waals surface area contributed by atoms with E-state index in [-0.39, 0.29) is 12.0 Å². The van der Waals surface area contributed by atoms with Gasteiger partial charge in [-0.1, -0.05) is 0 Å². The number of nitrogen functional groups attached to an aromatic ring is 1. The highest BCUT2D eigenvalue weighted by atomic mass is 16.5. The summed E-state index contributed by atoms with van der Waals surface area (Å²) in [6.45, 7) is 0.999. The first kappa shape index (κ1) is 15.3. The van der Waals surface area contributed by atoms with Crippen LogP contribution < -0.4 is 16.4 Å². The molecule has 106 valence electrons. The molecule has 4 N–H and O–H groups in total. The molecule has 0 aromatic heterocycles. The number of rotatable bonds is 7. The van der Waals surface area contributed by atoms with Crippen molar-refractivity contribution in [3.8, 4) is 0 Å². The smallest absolute Gasteiger partial charge is 0.253 e. The van der Waals surface area contributed by atoms with Crippen LogP contribution in [0.2, 0.25) is 0 Å². The molecule has 1 aromatic carbocycles. The average Bonchev–Trinajstić information content (AvgIpc) is 2.42. The zero-order chi connectivity index (χ0) is 14.3. The predicted octanol–water partition coefficient (Wildman–Crippen LogP) is 0.702. The molecule has 0 aliphatic rings. The van der Waals surface area contributed by atoms with Gasteiger partial charge in [-0.05, 0) is 18.2 Å². The van der Waals surface area contributed by atoms with Gasteiger partial charge in [0.05, 0.1) is 18.3 Å². The largest absolute Gasteiger partial charge is 0.399 e. The van der Waals surface area contributed by atoms with Crippen molar-refractivity contribution >= 4 is 17.3 Å². The Bertz CT molecular complexity index is 424. The highest BCUT2D eigenvalue weighted by molar-refractivity contribution is 6.00. The summed E-state index contributed by atoms with van der Waals surface area (Å²) in [5.74, 6) is -0.164. The van der Waals surface area contributed by atoms with Crippen LogP contribution in [0, 0.1) is 0 Å². The Morgan fingerprint density at radius 3 is 2.74 bits per heavy atom. The maximum Gasteiger partial charge on any atom is 0.253 e. The number of nitrogens with two attached hydrogens (primary N) is 1. The molecule has 0 radical (unpaired) electrons. The molecule has 6 heteroatoms. The van der Waals surface area contributed by atoms with Crippen LogP contribution in [0.15, 0.2) is 18.2 Å². The van der Waals surface area contributed by atoms with Crippen LogP contribution in [-0.2, 0) is 9.47 Å². The van der Waals surface area contributed by atoms with Crippen molar-refractivity contribution in [3.63, 3.8) is 0 Å². The summed E-state index contributed by atoms with van der Waals surface area (Å²) in [7, 11) is 4.82. The summed E-state index contributed by atoms with van der Waals surface area (Å²) >= 11 is 0. The maximum atomic E-state index is 11.7. The van der Waals surface area contributed by atoms with Crippen LogP contribution in [0.5, 0.6) is 0 Å². The molecule has 0 saturated heterocycles. The van der Waals surface area contributed by atoms with Crippen molar-refractivity contribution in [2.75, 3.05) is 45.5 Å². The maximum absolute atomic E-state index is 11.7. The van der Waals surface area contributed by atoms with Gasteiger partial charge < -0.3 is 25.8 Å². The van der Waals surface area contributed by atoms with Crippen LogP contribution in [0.4, 0.5) is 11.4 Å². The molecule has 1 atom stereocenters. The Morgan fingerprint density at radius 2 is 2.16 bits per heavy atom. The second-order valence-electron chi connectivity index (χ2n) is 4.08. The van der Waals surface area contributed by atoms with Gasteiger partial charge in [-0.15, -0.1) is 0 Å². The van der Waals surface area contributed by atoms with Gasteiger partial charge in [0.1, 0.15) is 0 Å². The molecule has 0 spiro atoms. The van der Waals surface area contributed by atoms with E-state index in [4.69, 9.17) is 15.2 Å². The fraction of sp³-hybridized carbons (Fsp3) is 0.462. The molecule has 1 aromatic rings. The van der Waals surface area contributed by atoms with E-state index in [1.165, 1.54) is 0 Å². The standard InChI is InChI=1S/C13H21N3O3/c1-15-13(17)11-5-4-9(14)6-12(11)16-7-10(19-3)8-18-2/h4-6,10,16H,7-8,14H2,1-3H3,(H,15,17). The van der Waals surface area contributed by atoms with Gasteiger partial charge in [0.15, 0.2) is 0 Å². The van der Waals surface area contributed by atoms with Crippen molar-refractivity contribution in [1.82, 2.24) is 5.32 Å². The van der Waals surface area contributed by atoms with Crippen molar-refractivity contribution in [1.29, 1.82) is 0 Å². The molecule has 0 saturated carbocycles. The molecule has 0 aliphatic heterocycles. The second kappa shape index (κ2) is 7.60. The summed E-state index contributed by atoms with van der Waals surface area (Å²) in [4.78, 5) is 11.7. The van der Waals surface area contributed by atoms with Gasteiger partial charge in [0, 0.05) is 39.2 Å². The van der Waals surface area contributed by atoms with E-state index in [0.717, 1.165) is 0 Å². The minimum atomic E-state index is -0.164. The molecule has 19 heavy (non-hydrogen) atoms. The van der Waals surface area contributed by atoms with E-state index >= 15 is 0 Å². The van der Waals surface area contributed by atoms with Crippen LogP contribution in [0.25, 0.3) is 0 Å². The first-order valence-electron chi connectivity index (χ1n) is 5.99. The minimum Gasteiger partial charge on any atom is -0.399 e.